The summed E-state index contributed by atoms with van der Waals surface area (Å²) in [6.45, 7) is 0.486. The quantitative estimate of drug-likeness (QED) is 0.696. The highest BCUT2D eigenvalue weighted by Gasteiger charge is 2.19. The molecule has 25 heavy (non-hydrogen) atoms. The molecule has 0 aliphatic rings. The summed E-state index contributed by atoms with van der Waals surface area (Å²) >= 11 is 0. The van der Waals surface area contributed by atoms with Gasteiger partial charge in [0.05, 0.1) is 12.6 Å². The number of oxazole rings is 1. The Morgan fingerprint density at radius 1 is 1.08 bits per heavy atom. The molecule has 1 heterocycles. The van der Waals surface area contributed by atoms with E-state index in [2.05, 4.69) is 27.8 Å². The fourth-order valence-corrected chi connectivity index (χ4v) is 2.67. The molecule has 0 aliphatic heterocycles. The number of rotatable bonds is 7. The summed E-state index contributed by atoms with van der Waals surface area (Å²) in [7, 11) is 1.80. The Morgan fingerprint density at radius 2 is 1.76 bits per heavy atom. The highest BCUT2D eigenvalue weighted by Crippen LogP contribution is 2.19. The van der Waals surface area contributed by atoms with Gasteiger partial charge in [0.15, 0.2) is 5.69 Å². The summed E-state index contributed by atoms with van der Waals surface area (Å²) in [6, 6.07) is 19.9. The van der Waals surface area contributed by atoms with Crippen LogP contribution in [0.15, 0.2) is 71.3 Å². The van der Waals surface area contributed by atoms with Crippen molar-refractivity contribution in [3.63, 3.8) is 0 Å². The van der Waals surface area contributed by atoms with E-state index in [0.717, 1.165) is 11.1 Å². The predicted octanol–water partition coefficient (Wildman–Crippen LogP) is 3.11. The lowest BCUT2D eigenvalue weighted by Crippen LogP contribution is -2.30. The lowest BCUT2D eigenvalue weighted by Gasteiger charge is -2.19. The Labute approximate surface area is 147 Å². The van der Waals surface area contributed by atoms with Gasteiger partial charge in [-0.15, -0.1) is 0 Å². The van der Waals surface area contributed by atoms with E-state index in [1.807, 2.05) is 48.5 Å². The van der Waals surface area contributed by atoms with Gasteiger partial charge in [-0.1, -0.05) is 60.7 Å². The third kappa shape index (κ3) is 4.55. The number of nitrogens with zero attached hydrogens (tertiary/aromatic N) is 1. The van der Waals surface area contributed by atoms with E-state index in [1.165, 1.54) is 6.26 Å². The second kappa shape index (κ2) is 8.26. The van der Waals surface area contributed by atoms with Crippen molar-refractivity contribution in [1.82, 2.24) is 15.6 Å². The molecule has 2 aromatic carbocycles. The van der Waals surface area contributed by atoms with Crippen LogP contribution in [-0.4, -0.2) is 17.9 Å². The number of carbonyl (C=O) groups is 1. The molecule has 0 spiro atoms. The number of nitrogens with one attached hydrogen (secondary N) is 2. The van der Waals surface area contributed by atoms with Crippen molar-refractivity contribution < 1.29 is 9.21 Å². The lowest BCUT2D eigenvalue weighted by molar-refractivity contribution is 0.0931. The average Bonchev–Trinajstić information content (AvgIpc) is 3.12. The van der Waals surface area contributed by atoms with Crippen molar-refractivity contribution in [2.75, 3.05) is 7.05 Å². The topological polar surface area (TPSA) is 67.2 Å². The van der Waals surface area contributed by atoms with E-state index < -0.39 is 0 Å². The first kappa shape index (κ1) is 16.9. The summed E-state index contributed by atoms with van der Waals surface area (Å²) < 4.78 is 5.30. The molecule has 3 aromatic rings. The number of benzene rings is 2. The van der Waals surface area contributed by atoms with Crippen LogP contribution >= 0.6 is 0 Å². The number of hydrogen-bond donors (Lipinski definition) is 2. The maximum absolute atomic E-state index is 12.6. The molecule has 0 aliphatic carbocycles. The monoisotopic (exact) mass is 335 g/mol. The van der Waals surface area contributed by atoms with Crippen molar-refractivity contribution in [3.05, 3.63) is 89.6 Å². The summed E-state index contributed by atoms with van der Waals surface area (Å²) in [5, 5.41) is 6.02. The van der Waals surface area contributed by atoms with Crippen LogP contribution in [0.5, 0.6) is 0 Å². The molecule has 0 saturated carbocycles. The number of amides is 1. The van der Waals surface area contributed by atoms with Crippen LogP contribution in [0, 0.1) is 0 Å². The second-order valence-corrected chi connectivity index (χ2v) is 5.78. The first-order valence-corrected chi connectivity index (χ1v) is 8.25. The Bertz CT molecular complexity index is 800. The van der Waals surface area contributed by atoms with Crippen LogP contribution in [0.2, 0.25) is 0 Å². The molecule has 2 N–H and O–H groups in total. The van der Waals surface area contributed by atoms with E-state index in [-0.39, 0.29) is 11.9 Å². The van der Waals surface area contributed by atoms with Crippen LogP contribution in [0.25, 0.3) is 0 Å². The molecule has 3 rings (SSSR count). The van der Waals surface area contributed by atoms with Gasteiger partial charge in [-0.05, 0) is 24.6 Å². The van der Waals surface area contributed by atoms with Gasteiger partial charge < -0.3 is 15.1 Å². The van der Waals surface area contributed by atoms with Gasteiger partial charge in [-0.25, -0.2) is 4.98 Å². The predicted molar refractivity (Wildman–Crippen MR) is 96.1 cm³/mol. The van der Waals surface area contributed by atoms with Crippen molar-refractivity contribution in [2.45, 2.75) is 19.0 Å². The Kier molecular flexibility index (Phi) is 5.59. The number of aromatic nitrogens is 1. The largest absolute Gasteiger partial charge is 0.447 e. The Morgan fingerprint density at radius 3 is 2.44 bits per heavy atom. The van der Waals surface area contributed by atoms with Gasteiger partial charge in [-0.3, -0.25) is 4.79 Å². The van der Waals surface area contributed by atoms with Crippen molar-refractivity contribution in [3.8, 4) is 0 Å². The zero-order valence-electron chi connectivity index (χ0n) is 14.1. The van der Waals surface area contributed by atoms with Gasteiger partial charge >= 0.3 is 0 Å². The van der Waals surface area contributed by atoms with Gasteiger partial charge in [-0.2, -0.15) is 0 Å². The Hall–Kier alpha value is -2.92. The molecular formula is C20H21N3O2. The summed E-state index contributed by atoms with van der Waals surface area (Å²) in [4.78, 5) is 16.8. The third-order valence-corrected chi connectivity index (χ3v) is 3.90. The van der Waals surface area contributed by atoms with Gasteiger partial charge in [0.25, 0.3) is 5.91 Å². The molecule has 1 atom stereocenters. The minimum atomic E-state index is -0.240. The zero-order valence-corrected chi connectivity index (χ0v) is 14.1. The average molecular weight is 335 g/mol. The van der Waals surface area contributed by atoms with Gasteiger partial charge in [0, 0.05) is 0 Å². The molecule has 128 valence electrons. The van der Waals surface area contributed by atoms with Gasteiger partial charge in [0.2, 0.25) is 5.89 Å². The first-order chi connectivity index (χ1) is 12.3. The number of hydrogen-bond acceptors (Lipinski definition) is 4. The summed E-state index contributed by atoms with van der Waals surface area (Å²) in [6.07, 6.45) is 2.10. The lowest BCUT2D eigenvalue weighted by atomic mass is 9.99. The SMILES string of the molecule is CNCc1nc(C(=O)NC(Cc2ccccc2)c2ccccc2)co1. The standard InChI is InChI=1S/C20H21N3O2/c1-21-13-19-22-18(14-25-19)20(24)23-17(16-10-6-3-7-11-16)12-15-8-4-2-5-9-15/h2-11,14,17,21H,12-13H2,1H3,(H,23,24). The normalized spacial score (nSPS) is 11.9. The molecule has 0 fully saturated rings. The van der Waals surface area contributed by atoms with Crippen LogP contribution < -0.4 is 10.6 Å². The van der Waals surface area contributed by atoms with Crippen LogP contribution in [0.1, 0.15) is 33.5 Å². The van der Waals surface area contributed by atoms with Crippen LogP contribution in [-0.2, 0) is 13.0 Å². The Balaban J connectivity index is 1.78. The zero-order chi connectivity index (χ0) is 17.5. The van der Waals surface area contributed by atoms with Crippen LogP contribution in [0.4, 0.5) is 0 Å². The molecular weight excluding hydrogens is 314 g/mol. The molecule has 1 aromatic heterocycles. The second-order valence-electron chi connectivity index (χ2n) is 5.78. The van der Waals surface area contributed by atoms with E-state index >= 15 is 0 Å². The number of carbonyl (C=O) groups excluding carboxylic acids is 1. The van der Waals surface area contributed by atoms with E-state index in [0.29, 0.717) is 24.6 Å². The first-order valence-electron chi connectivity index (χ1n) is 8.25. The van der Waals surface area contributed by atoms with Gasteiger partial charge in [0.1, 0.15) is 6.26 Å². The maximum atomic E-state index is 12.6. The van der Waals surface area contributed by atoms with Crippen molar-refractivity contribution in [1.29, 1.82) is 0 Å². The molecule has 0 bridgehead atoms. The summed E-state index contributed by atoms with van der Waals surface area (Å²) in [5.74, 6) is 0.253. The molecule has 0 radical (unpaired) electrons. The van der Waals surface area contributed by atoms with E-state index in [4.69, 9.17) is 4.42 Å². The third-order valence-electron chi connectivity index (χ3n) is 3.90. The minimum Gasteiger partial charge on any atom is -0.447 e. The smallest absolute Gasteiger partial charge is 0.273 e. The minimum absolute atomic E-state index is 0.138. The summed E-state index contributed by atoms with van der Waals surface area (Å²) in [5.41, 5.74) is 2.51. The van der Waals surface area contributed by atoms with E-state index in [9.17, 15) is 4.79 Å². The maximum Gasteiger partial charge on any atom is 0.273 e. The van der Waals surface area contributed by atoms with Crippen molar-refractivity contribution in [2.24, 2.45) is 0 Å². The molecule has 5 heteroatoms. The van der Waals surface area contributed by atoms with Crippen LogP contribution in [0.3, 0.4) is 0 Å². The van der Waals surface area contributed by atoms with Crippen molar-refractivity contribution >= 4 is 5.91 Å². The molecule has 1 unspecified atom stereocenters. The molecule has 1 amide bonds. The fourth-order valence-electron chi connectivity index (χ4n) is 2.67. The highest BCUT2D eigenvalue weighted by molar-refractivity contribution is 5.92. The molecule has 5 nitrogen and oxygen atoms in total. The fraction of sp³-hybridized carbons (Fsp3) is 0.200. The van der Waals surface area contributed by atoms with E-state index in [1.54, 1.807) is 7.05 Å². The molecule has 0 saturated heterocycles. The highest BCUT2D eigenvalue weighted by atomic mass is 16.3.